The Morgan fingerprint density at radius 2 is 1.66 bits per heavy atom. The Kier molecular flexibility index (Phi) is 6.84. The summed E-state index contributed by atoms with van der Waals surface area (Å²) in [5.74, 6) is -0.759. The lowest BCUT2D eigenvalue weighted by Gasteiger charge is -2.11. The molecule has 0 aliphatic heterocycles. The van der Waals surface area contributed by atoms with Crippen LogP contribution in [0.3, 0.4) is 0 Å². The van der Waals surface area contributed by atoms with Crippen molar-refractivity contribution in [1.82, 2.24) is 14.5 Å². The van der Waals surface area contributed by atoms with Gasteiger partial charge in [0.05, 0.1) is 12.5 Å². The molecule has 8 heteroatoms. The summed E-state index contributed by atoms with van der Waals surface area (Å²) < 4.78 is 1.62. The highest BCUT2D eigenvalue weighted by Crippen LogP contribution is 2.19. The van der Waals surface area contributed by atoms with Gasteiger partial charge in [-0.15, -0.1) is 0 Å². The number of allylic oxidation sites excluding steroid dienone is 1. The molecule has 0 fully saturated rings. The molecule has 3 rings (SSSR count). The van der Waals surface area contributed by atoms with Crippen LogP contribution < -0.4 is 10.6 Å². The van der Waals surface area contributed by atoms with E-state index in [4.69, 9.17) is 0 Å². The van der Waals surface area contributed by atoms with Crippen molar-refractivity contribution in [2.24, 2.45) is 7.05 Å². The topological polar surface area (TPSA) is 96.3 Å². The van der Waals surface area contributed by atoms with E-state index in [2.05, 4.69) is 15.6 Å². The van der Waals surface area contributed by atoms with Crippen molar-refractivity contribution in [2.45, 2.75) is 6.92 Å². The lowest BCUT2D eigenvalue weighted by Crippen LogP contribution is -2.17. The number of carbonyl (C=O) groups is 3. The van der Waals surface area contributed by atoms with Crippen LogP contribution in [-0.2, 0) is 7.05 Å². The Hall–Kier alpha value is -4.20. The van der Waals surface area contributed by atoms with Crippen molar-refractivity contribution in [3.63, 3.8) is 0 Å². The average Bonchev–Trinajstić information content (AvgIpc) is 3.20. The van der Waals surface area contributed by atoms with Crippen LogP contribution in [0.2, 0.25) is 0 Å². The predicted octanol–water partition coefficient (Wildman–Crippen LogP) is 3.49. The molecule has 0 unspecified atom stereocenters. The number of anilines is 2. The molecular weight excluding hydrogens is 406 g/mol. The number of aromatic nitrogens is 2. The highest BCUT2D eigenvalue weighted by atomic mass is 16.2. The molecular formula is C24H25N5O3. The van der Waals surface area contributed by atoms with E-state index >= 15 is 0 Å². The molecule has 0 aliphatic rings. The van der Waals surface area contributed by atoms with Crippen molar-refractivity contribution >= 4 is 29.0 Å². The number of benzene rings is 2. The van der Waals surface area contributed by atoms with Crippen LogP contribution in [0.15, 0.2) is 67.3 Å². The van der Waals surface area contributed by atoms with E-state index < -0.39 is 0 Å². The molecule has 2 aromatic carbocycles. The van der Waals surface area contributed by atoms with Gasteiger partial charge >= 0.3 is 0 Å². The van der Waals surface area contributed by atoms with Crippen molar-refractivity contribution in [1.29, 1.82) is 0 Å². The zero-order valence-electron chi connectivity index (χ0n) is 18.4. The van der Waals surface area contributed by atoms with Crippen molar-refractivity contribution < 1.29 is 14.4 Å². The van der Waals surface area contributed by atoms with Crippen molar-refractivity contribution in [2.75, 3.05) is 24.7 Å². The van der Waals surface area contributed by atoms with E-state index in [1.54, 1.807) is 71.5 Å². The van der Waals surface area contributed by atoms with Gasteiger partial charge in [0, 0.05) is 55.9 Å². The van der Waals surface area contributed by atoms with Crippen LogP contribution in [-0.4, -0.2) is 46.1 Å². The third-order valence-corrected chi connectivity index (χ3v) is 4.75. The van der Waals surface area contributed by atoms with Gasteiger partial charge in [0.2, 0.25) is 0 Å². The van der Waals surface area contributed by atoms with E-state index in [-0.39, 0.29) is 17.6 Å². The average molecular weight is 431 g/mol. The summed E-state index contributed by atoms with van der Waals surface area (Å²) >= 11 is 0. The van der Waals surface area contributed by atoms with E-state index in [1.165, 1.54) is 12.3 Å². The third kappa shape index (κ3) is 5.48. The maximum atomic E-state index is 12.7. The molecule has 2 amide bonds. The fourth-order valence-corrected chi connectivity index (χ4v) is 2.89. The highest BCUT2D eigenvalue weighted by molar-refractivity contribution is 6.08. The Morgan fingerprint density at radius 3 is 2.28 bits per heavy atom. The minimum Gasteiger partial charge on any atom is -0.383 e. The summed E-state index contributed by atoms with van der Waals surface area (Å²) in [7, 11) is 5.41. The van der Waals surface area contributed by atoms with E-state index in [9.17, 15) is 14.4 Å². The smallest absolute Gasteiger partial charge is 0.273 e. The molecule has 164 valence electrons. The van der Waals surface area contributed by atoms with E-state index in [0.717, 1.165) is 5.56 Å². The van der Waals surface area contributed by atoms with Gasteiger partial charge in [-0.25, -0.2) is 4.98 Å². The van der Waals surface area contributed by atoms with Crippen molar-refractivity contribution in [3.05, 3.63) is 89.6 Å². The van der Waals surface area contributed by atoms with Crippen LogP contribution in [0.5, 0.6) is 0 Å². The largest absolute Gasteiger partial charge is 0.383 e. The lowest BCUT2D eigenvalue weighted by atomic mass is 10.1. The number of hydrogen-bond donors (Lipinski definition) is 2. The molecule has 0 saturated heterocycles. The second-order valence-corrected chi connectivity index (χ2v) is 7.55. The summed E-state index contributed by atoms with van der Waals surface area (Å²) in [6.07, 6.45) is 6.19. The molecule has 32 heavy (non-hydrogen) atoms. The van der Waals surface area contributed by atoms with Crippen LogP contribution in [0.1, 0.15) is 36.8 Å². The molecule has 3 aromatic rings. The van der Waals surface area contributed by atoms with Gasteiger partial charge in [-0.2, -0.15) is 0 Å². The van der Waals surface area contributed by atoms with Gasteiger partial charge in [0.1, 0.15) is 5.69 Å². The number of rotatable bonds is 7. The molecule has 2 N–H and O–H groups in total. The summed E-state index contributed by atoms with van der Waals surface area (Å²) in [5, 5.41) is 5.63. The molecule has 0 spiro atoms. The normalized spacial score (nSPS) is 10.8. The zero-order valence-corrected chi connectivity index (χ0v) is 18.4. The van der Waals surface area contributed by atoms with E-state index in [1.807, 2.05) is 21.0 Å². The van der Waals surface area contributed by atoms with Crippen LogP contribution >= 0.6 is 0 Å². The second kappa shape index (κ2) is 9.74. The van der Waals surface area contributed by atoms with Gasteiger partial charge in [0.25, 0.3) is 11.8 Å². The van der Waals surface area contributed by atoms with Crippen LogP contribution in [0, 0.1) is 6.92 Å². The number of imidazole rings is 1. The predicted molar refractivity (Wildman–Crippen MR) is 124 cm³/mol. The first-order valence-electron chi connectivity index (χ1n) is 9.93. The maximum Gasteiger partial charge on any atom is 0.273 e. The number of carbonyl (C=O) groups excluding carboxylic acids is 3. The van der Waals surface area contributed by atoms with Crippen LogP contribution in [0.25, 0.3) is 0 Å². The minimum atomic E-state index is -0.326. The first kappa shape index (κ1) is 22.5. The monoisotopic (exact) mass is 431 g/mol. The summed E-state index contributed by atoms with van der Waals surface area (Å²) in [5.41, 5.74) is 3.25. The van der Waals surface area contributed by atoms with Crippen LogP contribution in [0.4, 0.5) is 11.4 Å². The number of aryl methyl sites for hydroxylation is 2. The maximum absolute atomic E-state index is 12.7. The SMILES string of the molecule is Cc1ccc(C(=O)Nc2ccc(C(=O)/C=C/N(C)C)cc2)cc1NC(=O)c1cncn1C. The Labute approximate surface area is 186 Å². The molecule has 0 aliphatic carbocycles. The summed E-state index contributed by atoms with van der Waals surface area (Å²) in [4.78, 5) is 43.1. The fraction of sp³-hybridized carbons (Fsp3) is 0.167. The second-order valence-electron chi connectivity index (χ2n) is 7.55. The molecule has 0 radical (unpaired) electrons. The van der Waals surface area contributed by atoms with E-state index in [0.29, 0.717) is 28.2 Å². The lowest BCUT2D eigenvalue weighted by molar-refractivity contribution is 0.101. The van der Waals surface area contributed by atoms with Gasteiger partial charge in [-0.1, -0.05) is 6.07 Å². The number of amides is 2. The summed E-state index contributed by atoms with van der Waals surface area (Å²) in [6.45, 7) is 1.85. The molecule has 8 nitrogen and oxygen atoms in total. The minimum absolute atomic E-state index is 0.121. The van der Waals surface area contributed by atoms with Gasteiger partial charge in [0.15, 0.2) is 5.78 Å². The van der Waals surface area contributed by atoms with Gasteiger partial charge in [-0.05, 0) is 48.9 Å². The molecule has 1 aromatic heterocycles. The highest BCUT2D eigenvalue weighted by Gasteiger charge is 2.14. The molecule has 0 saturated carbocycles. The summed E-state index contributed by atoms with van der Waals surface area (Å²) in [6, 6.07) is 11.8. The molecule has 0 atom stereocenters. The number of nitrogens with one attached hydrogen (secondary N) is 2. The number of nitrogens with zero attached hydrogens (tertiary/aromatic N) is 3. The Morgan fingerprint density at radius 1 is 0.969 bits per heavy atom. The van der Waals surface area contributed by atoms with Gasteiger partial charge in [-0.3, -0.25) is 14.4 Å². The molecule has 1 heterocycles. The first-order valence-corrected chi connectivity index (χ1v) is 9.93. The standard InChI is InChI=1S/C24H25N5O3/c1-16-5-6-18(13-20(16)27-24(32)21-14-25-15-29(21)4)23(31)26-19-9-7-17(8-10-19)22(30)11-12-28(2)3/h5-15H,1-4H3,(H,26,31)(H,27,32)/b12-11+. The Balaban J connectivity index is 1.70. The Bertz CT molecular complexity index is 1180. The zero-order chi connectivity index (χ0) is 23.3. The van der Waals surface area contributed by atoms with Crippen molar-refractivity contribution in [3.8, 4) is 0 Å². The fourth-order valence-electron chi connectivity index (χ4n) is 2.89. The quantitative estimate of drug-likeness (QED) is 0.441. The first-order chi connectivity index (χ1) is 15.2. The number of ketones is 1. The molecule has 0 bridgehead atoms. The van der Waals surface area contributed by atoms with Gasteiger partial charge < -0.3 is 20.1 Å². The number of hydrogen-bond acceptors (Lipinski definition) is 5. The third-order valence-electron chi connectivity index (χ3n) is 4.75.